The van der Waals surface area contributed by atoms with E-state index in [4.69, 9.17) is 33.2 Å². The van der Waals surface area contributed by atoms with Gasteiger partial charge in [-0.3, -0.25) is 0 Å². The smallest absolute Gasteiger partial charge is 0.187 e. The molecular formula is C45H76O20. The highest BCUT2D eigenvalue weighted by molar-refractivity contribution is 5.16. The second kappa shape index (κ2) is 19.4. The first kappa shape index (κ1) is 50.6. The zero-order chi connectivity index (χ0) is 47.1. The number of aliphatic hydroxyl groups excluding tert-OH is 12. The molecule has 4 heterocycles. The number of fused-ring (bicyclic) bond motifs is 7. The highest BCUT2D eigenvalue weighted by Crippen LogP contribution is 2.71. The largest absolute Gasteiger partial charge is 0.394 e. The lowest BCUT2D eigenvalue weighted by Crippen LogP contribution is -2.65. The zero-order valence-electron chi connectivity index (χ0n) is 37.8. The normalized spacial score (nSPS) is 56.1. The zero-order valence-corrected chi connectivity index (χ0v) is 37.8. The van der Waals surface area contributed by atoms with E-state index in [0.717, 1.165) is 32.1 Å². The van der Waals surface area contributed by atoms with Crippen LogP contribution in [0.3, 0.4) is 0 Å². The Morgan fingerprint density at radius 1 is 0.646 bits per heavy atom. The number of hydrogen-bond donors (Lipinski definition) is 13. The second-order valence-electron chi connectivity index (χ2n) is 21.5. The predicted octanol–water partition coefficient (Wildman–Crippen LogP) is -2.81. The Bertz CT molecular complexity index is 1600. The predicted molar refractivity (Wildman–Crippen MR) is 220 cm³/mol. The molecule has 28 unspecified atom stereocenters. The molecule has 8 fully saturated rings. The van der Waals surface area contributed by atoms with Crippen molar-refractivity contribution in [3.8, 4) is 0 Å². The van der Waals surface area contributed by atoms with Crippen LogP contribution in [0.25, 0.3) is 0 Å². The minimum absolute atomic E-state index is 0.0623. The lowest BCUT2D eigenvalue weighted by molar-refractivity contribution is -0.374. The number of aliphatic hydroxyl groups is 13. The van der Waals surface area contributed by atoms with Crippen molar-refractivity contribution in [3.63, 3.8) is 0 Å². The Balaban J connectivity index is 0.886. The first-order chi connectivity index (χ1) is 30.7. The lowest BCUT2D eigenvalue weighted by atomic mass is 9.43. The molecule has 0 aromatic heterocycles. The van der Waals surface area contributed by atoms with E-state index in [9.17, 15) is 66.4 Å². The summed E-state index contributed by atoms with van der Waals surface area (Å²) in [4.78, 5) is 0. The van der Waals surface area contributed by atoms with Gasteiger partial charge in [-0.05, 0) is 91.3 Å². The van der Waals surface area contributed by atoms with Gasteiger partial charge in [0.25, 0.3) is 0 Å². The summed E-state index contributed by atoms with van der Waals surface area (Å²) >= 11 is 0. The van der Waals surface area contributed by atoms with Gasteiger partial charge >= 0.3 is 0 Å². The molecular weight excluding hydrogens is 860 g/mol. The summed E-state index contributed by atoms with van der Waals surface area (Å²) in [6.07, 6.45) is -17.8. The van der Waals surface area contributed by atoms with Crippen LogP contribution in [-0.4, -0.2) is 209 Å². The quantitative estimate of drug-likeness (QED) is 0.0829. The fourth-order valence-corrected chi connectivity index (χ4v) is 14.2. The Kier molecular flexibility index (Phi) is 15.1. The molecule has 8 rings (SSSR count). The second-order valence-corrected chi connectivity index (χ2v) is 21.5. The van der Waals surface area contributed by atoms with Gasteiger partial charge in [0, 0.05) is 18.8 Å². The molecule has 376 valence electrons. The highest BCUT2D eigenvalue weighted by atomic mass is 16.8. The summed E-state index contributed by atoms with van der Waals surface area (Å²) in [6.45, 7) is 6.82. The first-order valence-corrected chi connectivity index (χ1v) is 24.0. The molecule has 0 radical (unpaired) electrons. The van der Waals surface area contributed by atoms with Crippen molar-refractivity contribution < 1.29 is 99.5 Å². The van der Waals surface area contributed by atoms with Crippen LogP contribution >= 0.6 is 0 Å². The van der Waals surface area contributed by atoms with Crippen LogP contribution in [0.4, 0.5) is 0 Å². The molecule has 4 aliphatic heterocycles. The van der Waals surface area contributed by atoms with Crippen molar-refractivity contribution >= 4 is 0 Å². The fourth-order valence-electron chi connectivity index (χ4n) is 14.2. The Labute approximate surface area is 379 Å². The van der Waals surface area contributed by atoms with E-state index in [-0.39, 0.29) is 54.1 Å². The number of hydrogen-bond acceptors (Lipinski definition) is 20. The van der Waals surface area contributed by atoms with Gasteiger partial charge < -0.3 is 99.5 Å². The maximum absolute atomic E-state index is 12.2. The lowest BCUT2D eigenvalue weighted by Gasteiger charge is -2.62. The van der Waals surface area contributed by atoms with Gasteiger partial charge in [-0.25, -0.2) is 0 Å². The van der Waals surface area contributed by atoms with E-state index in [0.29, 0.717) is 31.1 Å². The summed E-state index contributed by atoms with van der Waals surface area (Å²) < 4.78 is 41.7. The van der Waals surface area contributed by atoms with Crippen LogP contribution in [0.1, 0.15) is 85.5 Å². The summed E-state index contributed by atoms with van der Waals surface area (Å²) in [6, 6.07) is 0. The average Bonchev–Trinajstić information content (AvgIpc) is 3.72. The van der Waals surface area contributed by atoms with Crippen LogP contribution in [-0.2, 0) is 33.2 Å². The maximum atomic E-state index is 12.2. The van der Waals surface area contributed by atoms with E-state index in [1.807, 2.05) is 6.92 Å². The van der Waals surface area contributed by atoms with Gasteiger partial charge in [0.1, 0.15) is 73.2 Å². The van der Waals surface area contributed by atoms with Gasteiger partial charge in [0.2, 0.25) is 0 Å². The van der Waals surface area contributed by atoms with E-state index in [1.165, 1.54) is 0 Å². The van der Waals surface area contributed by atoms with E-state index in [1.54, 1.807) is 0 Å². The van der Waals surface area contributed by atoms with E-state index in [2.05, 4.69) is 20.8 Å². The monoisotopic (exact) mass is 936 g/mol. The molecule has 0 bridgehead atoms. The van der Waals surface area contributed by atoms with Crippen LogP contribution in [0.5, 0.6) is 0 Å². The van der Waals surface area contributed by atoms with Crippen molar-refractivity contribution in [2.75, 3.05) is 26.4 Å². The third-order valence-electron chi connectivity index (χ3n) is 18.1. The molecule has 0 spiro atoms. The van der Waals surface area contributed by atoms with Crippen molar-refractivity contribution in [2.45, 2.75) is 202 Å². The molecule has 13 N–H and O–H groups in total. The minimum Gasteiger partial charge on any atom is -0.394 e. The highest BCUT2D eigenvalue weighted by Gasteiger charge is 2.69. The van der Waals surface area contributed by atoms with Crippen LogP contribution in [0.15, 0.2) is 0 Å². The SMILES string of the molecule is CC(CCC1(O)OC2CC3C4CCC5CC(OC6OC(CO)C(O)C(O)C6OC6OC(CO)C(O)C(O)C6O)CC(O)C5(C)C4CCC3(C)C2C1C)COC1OC(CO)C(O)C(O)C1O. The van der Waals surface area contributed by atoms with E-state index >= 15 is 0 Å². The van der Waals surface area contributed by atoms with Crippen molar-refractivity contribution in [1.29, 1.82) is 0 Å². The van der Waals surface area contributed by atoms with Crippen LogP contribution < -0.4 is 0 Å². The average molecular weight is 937 g/mol. The fraction of sp³-hybridized carbons (Fsp3) is 1.00. The molecule has 28 atom stereocenters. The molecule has 4 saturated heterocycles. The molecule has 4 saturated carbocycles. The standard InChI is InChI=1S/C45H76O20/c1-18(17-59-40-37(56)34(53)31(50)26(14-46)61-40)7-10-45(58)19(2)30-25(65-45)13-24-22-6-5-20-11-21(12-29(49)44(20,4)23(22)8-9-43(24,30)3)60-42-39(36(55)33(52)28(16-48)63-42)64-41-38(57)35(54)32(51)27(15-47)62-41/h18-42,46-58H,5-17H2,1-4H3. The third kappa shape index (κ3) is 8.78. The summed E-state index contributed by atoms with van der Waals surface area (Å²) in [5, 5.41) is 137. The molecule has 65 heavy (non-hydrogen) atoms. The van der Waals surface area contributed by atoms with Gasteiger partial charge in [0.05, 0.1) is 44.7 Å². The molecule has 20 heteroatoms. The van der Waals surface area contributed by atoms with Gasteiger partial charge in [-0.2, -0.15) is 0 Å². The molecule has 0 aromatic carbocycles. The van der Waals surface area contributed by atoms with Crippen molar-refractivity contribution in [1.82, 2.24) is 0 Å². The molecule has 4 aliphatic carbocycles. The van der Waals surface area contributed by atoms with Crippen LogP contribution in [0.2, 0.25) is 0 Å². The summed E-state index contributed by atoms with van der Waals surface area (Å²) in [5.74, 6) is -0.510. The minimum atomic E-state index is -1.80. The maximum Gasteiger partial charge on any atom is 0.187 e. The van der Waals surface area contributed by atoms with Crippen LogP contribution in [0, 0.1) is 52.3 Å². The molecule has 20 nitrogen and oxygen atoms in total. The van der Waals surface area contributed by atoms with Gasteiger partial charge in [-0.1, -0.05) is 27.7 Å². The van der Waals surface area contributed by atoms with E-state index < -0.39 is 135 Å². The summed E-state index contributed by atoms with van der Waals surface area (Å²) in [5.41, 5.74) is -0.531. The number of rotatable bonds is 13. The van der Waals surface area contributed by atoms with Crippen molar-refractivity contribution in [3.05, 3.63) is 0 Å². The van der Waals surface area contributed by atoms with Gasteiger partial charge in [0.15, 0.2) is 24.7 Å². The van der Waals surface area contributed by atoms with Crippen molar-refractivity contribution in [2.24, 2.45) is 52.3 Å². The molecule has 0 amide bonds. The Morgan fingerprint density at radius 2 is 1.23 bits per heavy atom. The number of ether oxygens (including phenoxy) is 7. The van der Waals surface area contributed by atoms with Gasteiger partial charge in [-0.15, -0.1) is 0 Å². The third-order valence-corrected chi connectivity index (χ3v) is 18.1. The molecule has 0 aromatic rings. The Morgan fingerprint density at radius 3 is 1.86 bits per heavy atom. The molecule has 8 aliphatic rings. The Hall–Kier alpha value is -0.800. The first-order valence-electron chi connectivity index (χ1n) is 24.0. The topological polar surface area (TPSA) is 328 Å². The summed E-state index contributed by atoms with van der Waals surface area (Å²) in [7, 11) is 0.